The highest BCUT2D eigenvalue weighted by atomic mass is 16.2. The molecule has 1 fully saturated rings. The van der Waals surface area contributed by atoms with E-state index in [0.29, 0.717) is 5.57 Å². The molecule has 1 amide bonds. The van der Waals surface area contributed by atoms with Crippen molar-refractivity contribution in [2.24, 2.45) is 5.92 Å². The third-order valence-corrected chi connectivity index (χ3v) is 5.32. The maximum atomic E-state index is 12.3. The molecule has 2 aromatic rings. The predicted molar refractivity (Wildman–Crippen MR) is 113 cm³/mol. The van der Waals surface area contributed by atoms with Crippen molar-refractivity contribution in [2.45, 2.75) is 33.1 Å². The number of fused-ring (bicyclic) bond motifs is 1. The Kier molecular flexibility index (Phi) is 4.88. The number of hydrogen-bond acceptors (Lipinski definition) is 3. The van der Waals surface area contributed by atoms with Gasteiger partial charge in [-0.2, -0.15) is 0 Å². The molecule has 1 heterocycles. The van der Waals surface area contributed by atoms with Crippen molar-refractivity contribution < 1.29 is 4.79 Å². The molecule has 2 aliphatic rings. The van der Waals surface area contributed by atoms with Gasteiger partial charge in [0.05, 0.1) is 5.57 Å². The molecule has 0 bridgehead atoms. The van der Waals surface area contributed by atoms with Gasteiger partial charge in [-0.05, 0) is 68.0 Å². The van der Waals surface area contributed by atoms with Crippen LogP contribution in [0.3, 0.4) is 0 Å². The molecular formula is C23H27N3O. The maximum absolute atomic E-state index is 12.3. The first kappa shape index (κ1) is 17.7. The second-order valence-corrected chi connectivity index (χ2v) is 7.59. The highest BCUT2D eigenvalue weighted by Crippen LogP contribution is 2.34. The minimum atomic E-state index is -0.0537. The number of aryl methyl sites for hydroxylation is 1. The quantitative estimate of drug-likeness (QED) is 0.680. The van der Waals surface area contributed by atoms with Crippen LogP contribution in [0.2, 0.25) is 0 Å². The second-order valence-electron chi connectivity index (χ2n) is 7.59. The van der Waals surface area contributed by atoms with Crippen molar-refractivity contribution in [2.75, 3.05) is 28.6 Å². The average molecular weight is 361 g/mol. The van der Waals surface area contributed by atoms with E-state index in [1.807, 2.05) is 31.3 Å². The van der Waals surface area contributed by atoms with Crippen molar-refractivity contribution >= 4 is 28.5 Å². The summed E-state index contributed by atoms with van der Waals surface area (Å²) in [7, 11) is 0. The zero-order valence-electron chi connectivity index (χ0n) is 16.1. The summed E-state index contributed by atoms with van der Waals surface area (Å²) in [6.07, 6.45) is 5.72. The van der Waals surface area contributed by atoms with E-state index in [-0.39, 0.29) is 5.91 Å². The third-order valence-electron chi connectivity index (χ3n) is 5.32. The normalized spacial score (nSPS) is 17.0. The number of carbonyl (C=O) groups excluding carboxylic acids is 1. The van der Waals surface area contributed by atoms with Gasteiger partial charge in [0.1, 0.15) is 0 Å². The molecule has 1 aliphatic heterocycles. The van der Waals surface area contributed by atoms with Crippen LogP contribution in [0.4, 0.5) is 17.1 Å². The molecule has 0 spiro atoms. The number of nitrogens with zero attached hydrogens (tertiary/aromatic N) is 1. The van der Waals surface area contributed by atoms with Crippen LogP contribution in [-0.4, -0.2) is 19.0 Å². The Hall–Kier alpha value is -2.75. The molecule has 0 saturated heterocycles. The SMILES string of the molecule is CCCN(CC1CC1)c1ccc(NC=C2C(=O)Nc3cccc(C)c32)cc1. The number of rotatable bonds is 7. The van der Waals surface area contributed by atoms with Crippen molar-refractivity contribution in [3.8, 4) is 0 Å². The second kappa shape index (κ2) is 7.47. The highest BCUT2D eigenvalue weighted by molar-refractivity contribution is 6.32. The van der Waals surface area contributed by atoms with Gasteiger partial charge in [0.25, 0.3) is 5.91 Å². The summed E-state index contributed by atoms with van der Waals surface area (Å²) in [5, 5.41) is 6.23. The Morgan fingerprint density at radius 2 is 1.96 bits per heavy atom. The van der Waals surface area contributed by atoms with E-state index in [1.165, 1.54) is 25.1 Å². The third kappa shape index (κ3) is 3.85. The van der Waals surface area contributed by atoms with Crippen LogP contribution in [0, 0.1) is 12.8 Å². The number of nitrogens with one attached hydrogen (secondary N) is 2. The minimum absolute atomic E-state index is 0.0537. The lowest BCUT2D eigenvalue weighted by Crippen LogP contribution is -2.26. The first-order valence-electron chi connectivity index (χ1n) is 9.88. The molecule has 2 N–H and O–H groups in total. The van der Waals surface area contributed by atoms with Gasteiger partial charge in [-0.25, -0.2) is 0 Å². The Bertz CT molecular complexity index is 866. The summed E-state index contributed by atoms with van der Waals surface area (Å²) in [4.78, 5) is 14.8. The molecule has 0 atom stereocenters. The minimum Gasteiger partial charge on any atom is -0.371 e. The Morgan fingerprint density at radius 3 is 2.67 bits per heavy atom. The largest absolute Gasteiger partial charge is 0.371 e. The summed E-state index contributed by atoms with van der Waals surface area (Å²) in [6, 6.07) is 14.5. The van der Waals surface area contributed by atoms with Crippen LogP contribution >= 0.6 is 0 Å². The van der Waals surface area contributed by atoms with Gasteiger partial charge in [-0.1, -0.05) is 19.1 Å². The van der Waals surface area contributed by atoms with Gasteiger partial charge in [0, 0.05) is 41.9 Å². The molecule has 4 rings (SSSR count). The van der Waals surface area contributed by atoms with Gasteiger partial charge >= 0.3 is 0 Å². The lowest BCUT2D eigenvalue weighted by atomic mass is 10.0. The van der Waals surface area contributed by atoms with E-state index >= 15 is 0 Å². The van der Waals surface area contributed by atoms with Crippen LogP contribution in [0.15, 0.2) is 48.7 Å². The van der Waals surface area contributed by atoms with Crippen molar-refractivity contribution in [1.82, 2.24) is 0 Å². The zero-order chi connectivity index (χ0) is 18.8. The molecule has 4 nitrogen and oxygen atoms in total. The maximum Gasteiger partial charge on any atom is 0.257 e. The topological polar surface area (TPSA) is 44.4 Å². The van der Waals surface area contributed by atoms with Crippen molar-refractivity contribution in [3.63, 3.8) is 0 Å². The molecule has 140 valence electrons. The Labute approximate surface area is 161 Å². The van der Waals surface area contributed by atoms with Gasteiger partial charge in [-0.3, -0.25) is 4.79 Å². The van der Waals surface area contributed by atoms with E-state index in [4.69, 9.17) is 0 Å². The van der Waals surface area contributed by atoms with Crippen molar-refractivity contribution in [3.05, 3.63) is 59.8 Å². The standard InChI is InChI=1S/C23H27N3O/c1-3-13-26(15-17-7-8-17)19-11-9-18(10-12-19)24-14-20-22-16(2)5-4-6-21(22)25-23(20)27/h4-6,9-12,14,17,24H,3,7-8,13,15H2,1-2H3,(H,25,27). The lowest BCUT2D eigenvalue weighted by molar-refractivity contribution is -0.110. The van der Waals surface area contributed by atoms with Crippen molar-refractivity contribution in [1.29, 1.82) is 0 Å². The monoisotopic (exact) mass is 361 g/mol. The molecule has 27 heavy (non-hydrogen) atoms. The van der Waals surface area contributed by atoms with E-state index in [9.17, 15) is 4.79 Å². The first-order valence-corrected chi connectivity index (χ1v) is 9.88. The van der Waals surface area contributed by atoms with E-state index < -0.39 is 0 Å². The van der Waals surface area contributed by atoms with E-state index in [0.717, 1.165) is 41.4 Å². The molecule has 1 aliphatic carbocycles. The Morgan fingerprint density at radius 1 is 1.19 bits per heavy atom. The lowest BCUT2D eigenvalue weighted by Gasteiger charge is -2.24. The molecular weight excluding hydrogens is 334 g/mol. The first-order chi connectivity index (χ1) is 13.2. The van der Waals surface area contributed by atoms with Gasteiger partial charge < -0.3 is 15.5 Å². The summed E-state index contributed by atoms with van der Waals surface area (Å²) in [6.45, 7) is 6.53. The summed E-state index contributed by atoms with van der Waals surface area (Å²) in [5.41, 5.74) is 5.94. The zero-order valence-corrected chi connectivity index (χ0v) is 16.1. The molecule has 2 aromatic carbocycles. The Balaban J connectivity index is 1.49. The van der Waals surface area contributed by atoms with Crippen LogP contribution in [0.1, 0.15) is 37.3 Å². The average Bonchev–Trinajstić information content (AvgIpc) is 3.42. The van der Waals surface area contributed by atoms with E-state index in [1.54, 1.807) is 0 Å². The molecule has 4 heteroatoms. The fourth-order valence-electron chi connectivity index (χ4n) is 3.70. The fraction of sp³-hybridized carbons (Fsp3) is 0.348. The van der Waals surface area contributed by atoms with Crippen LogP contribution in [-0.2, 0) is 4.79 Å². The molecule has 0 radical (unpaired) electrons. The van der Waals surface area contributed by atoms with Gasteiger partial charge in [0.15, 0.2) is 0 Å². The fourth-order valence-corrected chi connectivity index (χ4v) is 3.70. The number of amides is 1. The summed E-state index contributed by atoms with van der Waals surface area (Å²) < 4.78 is 0. The molecule has 0 aromatic heterocycles. The van der Waals surface area contributed by atoms with E-state index in [2.05, 4.69) is 46.7 Å². The smallest absolute Gasteiger partial charge is 0.257 e. The molecule has 1 saturated carbocycles. The summed E-state index contributed by atoms with van der Waals surface area (Å²) >= 11 is 0. The number of anilines is 3. The number of benzene rings is 2. The number of hydrogen-bond donors (Lipinski definition) is 2. The predicted octanol–water partition coefficient (Wildman–Crippen LogP) is 5.03. The summed E-state index contributed by atoms with van der Waals surface area (Å²) in [5.74, 6) is 0.824. The van der Waals surface area contributed by atoms with Gasteiger partial charge in [-0.15, -0.1) is 0 Å². The number of carbonyl (C=O) groups is 1. The molecule has 0 unspecified atom stereocenters. The van der Waals surface area contributed by atoms with Gasteiger partial charge in [0.2, 0.25) is 0 Å². The van der Waals surface area contributed by atoms with Crippen LogP contribution in [0.25, 0.3) is 5.57 Å². The van der Waals surface area contributed by atoms with Crippen LogP contribution < -0.4 is 15.5 Å². The van der Waals surface area contributed by atoms with Crippen LogP contribution in [0.5, 0.6) is 0 Å². The highest BCUT2D eigenvalue weighted by Gasteiger charge is 2.26.